The van der Waals surface area contributed by atoms with E-state index in [1.165, 1.54) is 21.7 Å². The lowest BCUT2D eigenvalue weighted by molar-refractivity contribution is 0.462. The van der Waals surface area contributed by atoms with E-state index in [1.54, 1.807) is 0 Å². The Morgan fingerprint density at radius 1 is 1.15 bits per heavy atom. The Labute approximate surface area is 153 Å². The Balaban J connectivity index is 1.72. The van der Waals surface area contributed by atoms with Gasteiger partial charge < -0.3 is 4.98 Å². The van der Waals surface area contributed by atoms with Crippen LogP contribution in [0.4, 0.5) is 0 Å². The van der Waals surface area contributed by atoms with E-state index in [9.17, 15) is 4.79 Å². The molecule has 1 atom stereocenters. The van der Waals surface area contributed by atoms with Gasteiger partial charge in [-0.1, -0.05) is 29.8 Å². The predicted octanol–water partition coefficient (Wildman–Crippen LogP) is 3.17. The molecule has 8 heteroatoms. The molecule has 0 saturated carbocycles. The Hall–Kier alpha value is -2.87. The fourth-order valence-electron chi connectivity index (χ4n) is 2.79. The molecule has 132 valence electrons. The highest BCUT2D eigenvalue weighted by molar-refractivity contribution is 7.18. The van der Waals surface area contributed by atoms with Crippen molar-refractivity contribution < 1.29 is 0 Å². The maximum absolute atomic E-state index is 12.5. The predicted molar refractivity (Wildman–Crippen MR) is 102 cm³/mol. The van der Waals surface area contributed by atoms with Crippen molar-refractivity contribution in [1.29, 1.82) is 0 Å². The molecule has 3 aromatic heterocycles. The molecule has 4 aromatic rings. The number of benzene rings is 1. The zero-order valence-corrected chi connectivity index (χ0v) is 15.8. The quantitative estimate of drug-likeness (QED) is 0.601. The molecule has 0 saturated heterocycles. The van der Waals surface area contributed by atoms with Crippen LogP contribution >= 0.6 is 11.3 Å². The highest BCUT2D eigenvalue weighted by Gasteiger charge is 2.18. The van der Waals surface area contributed by atoms with Crippen molar-refractivity contribution >= 4 is 21.6 Å². The van der Waals surface area contributed by atoms with Crippen molar-refractivity contribution in [3.05, 3.63) is 56.4 Å². The zero-order valence-electron chi connectivity index (χ0n) is 14.9. The first-order chi connectivity index (χ1) is 12.4. The average molecular weight is 366 g/mol. The van der Waals surface area contributed by atoms with Crippen molar-refractivity contribution in [3.63, 3.8) is 0 Å². The number of aryl methyl sites for hydroxylation is 3. The second kappa shape index (κ2) is 6.14. The number of fused-ring (bicyclic) bond motifs is 1. The summed E-state index contributed by atoms with van der Waals surface area (Å²) in [4.78, 5) is 23.3. The van der Waals surface area contributed by atoms with E-state index in [2.05, 4.69) is 25.4 Å². The van der Waals surface area contributed by atoms with E-state index in [-0.39, 0.29) is 11.6 Å². The van der Waals surface area contributed by atoms with Crippen LogP contribution in [0.25, 0.3) is 21.6 Å². The fraction of sp³-hybridized carbons (Fsp3) is 0.278. The molecule has 1 aromatic carbocycles. The summed E-state index contributed by atoms with van der Waals surface area (Å²) in [6, 6.07) is 7.61. The van der Waals surface area contributed by atoms with Crippen LogP contribution in [0.15, 0.2) is 29.1 Å². The van der Waals surface area contributed by atoms with Crippen LogP contribution in [0.5, 0.6) is 0 Å². The summed E-state index contributed by atoms with van der Waals surface area (Å²) in [5.74, 6) is 1.07. The molecule has 0 amide bonds. The largest absolute Gasteiger partial charge is 0.308 e. The molecule has 0 unspecified atom stereocenters. The first-order valence-electron chi connectivity index (χ1n) is 8.30. The summed E-state index contributed by atoms with van der Waals surface area (Å²) in [6.07, 6.45) is 0. The normalized spacial score (nSPS) is 12.6. The van der Waals surface area contributed by atoms with E-state index in [0.717, 1.165) is 20.8 Å². The molecule has 0 fully saturated rings. The number of H-pyrrole nitrogens is 1. The summed E-state index contributed by atoms with van der Waals surface area (Å²) in [7, 11) is 0. The third-order valence-corrected chi connectivity index (χ3v) is 5.64. The van der Waals surface area contributed by atoms with E-state index in [1.807, 2.05) is 52.0 Å². The van der Waals surface area contributed by atoms with Crippen LogP contribution < -0.4 is 5.56 Å². The van der Waals surface area contributed by atoms with E-state index in [4.69, 9.17) is 0 Å². The maximum atomic E-state index is 12.5. The van der Waals surface area contributed by atoms with Crippen LogP contribution in [-0.2, 0) is 0 Å². The molecular weight excluding hydrogens is 348 g/mol. The highest BCUT2D eigenvalue weighted by atomic mass is 32.1. The first-order valence-corrected chi connectivity index (χ1v) is 9.12. The molecular formula is C18H18N6OS. The summed E-state index contributed by atoms with van der Waals surface area (Å²) in [6.45, 7) is 7.86. The molecule has 3 heterocycles. The van der Waals surface area contributed by atoms with Crippen molar-refractivity contribution in [2.24, 2.45) is 0 Å². The van der Waals surface area contributed by atoms with Gasteiger partial charge in [-0.15, -0.1) is 21.5 Å². The Kier molecular flexibility index (Phi) is 3.91. The van der Waals surface area contributed by atoms with Crippen molar-refractivity contribution in [1.82, 2.24) is 30.2 Å². The summed E-state index contributed by atoms with van der Waals surface area (Å²) < 4.78 is 0. The van der Waals surface area contributed by atoms with Gasteiger partial charge in [0.1, 0.15) is 16.7 Å². The molecule has 0 aliphatic heterocycles. The van der Waals surface area contributed by atoms with E-state index >= 15 is 0 Å². The lowest BCUT2D eigenvalue weighted by Crippen LogP contribution is -2.19. The minimum atomic E-state index is -0.332. The number of aromatic nitrogens is 6. The molecule has 0 bridgehead atoms. The Bertz CT molecular complexity index is 1150. The van der Waals surface area contributed by atoms with Crippen molar-refractivity contribution in [2.75, 3.05) is 0 Å². The first kappa shape index (κ1) is 16.6. The van der Waals surface area contributed by atoms with Gasteiger partial charge in [-0.05, 0) is 38.5 Å². The number of nitrogens with zero attached hydrogens (tertiary/aromatic N) is 5. The van der Waals surface area contributed by atoms with Crippen LogP contribution in [0.3, 0.4) is 0 Å². The Morgan fingerprint density at radius 3 is 2.62 bits per heavy atom. The molecule has 4 rings (SSSR count). The molecule has 0 spiro atoms. The van der Waals surface area contributed by atoms with Gasteiger partial charge in [0.2, 0.25) is 5.82 Å². The standard InChI is InChI=1S/C18H18N6OS/c1-9-5-7-13(8-6-9)16-21-23-24(22-16)11(3)15-19-17(25)14-10(2)12(4)26-18(14)20-15/h5-8,11H,1-4H3,(H,19,20,25)/t11-/m1/s1. The smallest absolute Gasteiger partial charge is 0.259 e. The van der Waals surface area contributed by atoms with Gasteiger partial charge in [-0.25, -0.2) is 4.98 Å². The lowest BCUT2D eigenvalue weighted by atomic mass is 10.1. The number of rotatable bonds is 3. The number of hydrogen-bond donors (Lipinski definition) is 1. The van der Waals surface area contributed by atoms with E-state index in [0.29, 0.717) is 17.0 Å². The second-order valence-corrected chi connectivity index (χ2v) is 7.59. The number of thiophene rings is 1. The average Bonchev–Trinajstić information content (AvgIpc) is 3.21. The van der Waals surface area contributed by atoms with Crippen molar-refractivity contribution in [3.8, 4) is 11.4 Å². The Morgan fingerprint density at radius 2 is 1.88 bits per heavy atom. The number of aromatic amines is 1. The second-order valence-electron chi connectivity index (χ2n) is 6.39. The summed E-state index contributed by atoms with van der Waals surface area (Å²) in [5, 5.41) is 13.4. The molecule has 0 aliphatic rings. The lowest BCUT2D eigenvalue weighted by Gasteiger charge is -2.08. The fourth-order valence-corrected chi connectivity index (χ4v) is 3.82. The summed E-state index contributed by atoms with van der Waals surface area (Å²) in [5.41, 5.74) is 2.93. The minimum absolute atomic E-state index is 0.127. The third kappa shape index (κ3) is 2.72. The van der Waals surface area contributed by atoms with Gasteiger partial charge in [0.25, 0.3) is 5.56 Å². The number of nitrogens with one attached hydrogen (secondary N) is 1. The van der Waals surface area contributed by atoms with Gasteiger partial charge in [0.15, 0.2) is 0 Å². The van der Waals surface area contributed by atoms with Crippen LogP contribution in [0.1, 0.15) is 34.8 Å². The van der Waals surface area contributed by atoms with Gasteiger partial charge in [0, 0.05) is 10.4 Å². The van der Waals surface area contributed by atoms with Crippen LogP contribution in [0.2, 0.25) is 0 Å². The van der Waals surface area contributed by atoms with E-state index < -0.39 is 0 Å². The maximum Gasteiger partial charge on any atom is 0.259 e. The zero-order chi connectivity index (χ0) is 18.4. The molecule has 0 radical (unpaired) electrons. The van der Waals surface area contributed by atoms with Gasteiger partial charge in [-0.3, -0.25) is 4.79 Å². The van der Waals surface area contributed by atoms with Gasteiger partial charge in [-0.2, -0.15) is 4.80 Å². The van der Waals surface area contributed by atoms with Gasteiger partial charge >= 0.3 is 0 Å². The van der Waals surface area contributed by atoms with Crippen molar-refractivity contribution in [2.45, 2.75) is 33.7 Å². The topological polar surface area (TPSA) is 89.4 Å². The monoisotopic (exact) mass is 366 g/mol. The minimum Gasteiger partial charge on any atom is -0.308 e. The van der Waals surface area contributed by atoms with Crippen LogP contribution in [0, 0.1) is 20.8 Å². The third-order valence-electron chi connectivity index (χ3n) is 4.54. The highest BCUT2D eigenvalue weighted by Crippen LogP contribution is 2.27. The summed E-state index contributed by atoms with van der Waals surface area (Å²) >= 11 is 1.53. The van der Waals surface area contributed by atoms with Crippen LogP contribution in [-0.4, -0.2) is 30.2 Å². The van der Waals surface area contributed by atoms with Gasteiger partial charge in [0.05, 0.1) is 5.39 Å². The number of tetrazole rings is 1. The molecule has 1 N–H and O–H groups in total. The SMILES string of the molecule is Cc1ccc(-c2nnn([C@H](C)c3nc4sc(C)c(C)c4c(=O)[nH]3)n2)cc1. The molecule has 0 aliphatic carbocycles. The molecule has 26 heavy (non-hydrogen) atoms. The number of hydrogen-bond acceptors (Lipinski definition) is 6. The molecule has 7 nitrogen and oxygen atoms in total.